The molecule has 2 amide bonds. The topological polar surface area (TPSA) is 269 Å². The van der Waals surface area contributed by atoms with Crippen molar-refractivity contribution in [2.45, 2.75) is 60.5 Å². The molecule has 77 heavy (non-hydrogen) atoms. The molecule has 1 fully saturated rings. The zero-order valence-electron chi connectivity index (χ0n) is 44.3. The van der Waals surface area contributed by atoms with Crippen molar-refractivity contribution in [3.63, 3.8) is 0 Å². The number of esters is 1. The standard InChI is InChI=1S/C25H24N2O5.C23H18N2O6.C9H14O4.Na/c1-25(2,3)23(29)20-21(17-7-5-6-8-19(17)31-4)27(24(30)22(20)28)16-11-9-15(10-12-16)18-13-14-32-26-18;1-13(26)21(27)19-20(16-5-3-4-6-18(16)30-2)25(23(29)22(19)28)15-9-7-14(8-10-15)17-11-12-31-24-17;1-9(2,3)7(11)5-6(10)8(12)13-4;/h5-14,21,28H,1-4H3;3-12,20,27H,1-2H3;5,10H,1-4H3;/q;;;+1/p-1/b;;6-5-;. The van der Waals surface area contributed by atoms with Gasteiger partial charge in [0.15, 0.2) is 28.9 Å². The Balaban J connectivity index is 0.000000230. The first-order chi connectivity index (χ1) is 36.0. The molecule has 0 aliphatic carbocycles. The van der Waals surface area contributed by atoms with Gasteiger partial charge in [0, 0.05) is 63.5 Å². The van der Waals surface area contributed by atoms with Crippen LogP contribution in [0.3, 0.4) is 0 Å². The number of aliphatic hydroxyl groups is 2. The number of nitrogens with zero attached hydrogens (tertiary/aromatic N) is 4. The van der Waals surface area contributed by atoms with Crippen molar-refractivity contribution in [3.8, 4) is 34.0 Å². The summed E-state index contributed by atoms with van der Waals surface area (Å²) in [6.45, 7) is 11.4. The molecule has 2 atom stereocenters. The maximum Gasteiger partial charge on any atom is 1.00 e. The van der Waals surface area contributed by atoms with Crippen LogP contribution in [0.1, 0.15) is 71.7 Å². The Labute approximate surface area is 465 Å². The number of hydrogen-bond acceptors (Lipinski definition) is 17. The Kier molecular flexibility index (Phi) is 19.3. The second-order valence-corrected chi connectivity index (χ2v) is 19.1. The molecule has 1 saturated heterocycles. The van der Waals surface area contributed by atoms with Crippen LogP contribution in [0.4, 0.5) is 11.4 Å². The van der Waals surface area contributed by atoms with Crippen LogP contribution >= 0.6 is 0 Å². The maximum atomic E-state index is 13.3. The Bertz CT molecular complexity index is 3260. The van der Waals surface area contributed by atoms with E-state index in [0.29, 0.717) is 45.4 Å². The van der Waals surface area contributed by atoms with E-state index in [2.05, 4.69) is 15.1 Å². The molecular weight excluding hydrogens is 1000 g/mol. The smallest absolute Gasteiger partial charge is 0.868 e. The summed E-state index contributed by atoms with van der Waals surface area (Å²) >= 11 is 0. The van der Waals surface area contributed by atoms with Crippen molar-refractivity contribution in [3.05, 3.63) is 167 Å². The van der Waals surface area contributed by atoms with E-state index in [-0.39, 0.29) is 52.3 Å². The Hall–Kier alpha value is -8.39. The number of carbonyl (C=O) groups is 7. The number of rotatable bonds is 12. The van der Waals surface area contributed by atoms with Crippen LogP contribution in [0.5, 0.6) is 11.5 Å². The number of ketones is 4. The van der Waals surface area contributed by atoms with Gasteiger partial charge in [-0.15, -0.1) is 0 Å². The summed E-state index contributed by atoms with van der Waals surface area (Å²) in [4.78, 5) is 88.8. The van der Waals surface area contributed by atoms with Crippen molar-refractivity contribution >= 4 is 52.3 Å². The number of para-hydroxylation sites is 2. The summed E-state index contributed by atoms with van der Waals surface area (Å²) in [6, 6.07) is 29.5. The molecule has 2 aromatic heterocycles. The van der Waals surface area contributed by atoms with Crippen molar-refractivity contribution in [1.82, 2.24) is 10.3 Å². The summed E-state index contributed by atoms with van der Waals surface area (Å²) in [5, 5.41) is 39.9. The molecule has 0 radical (unpaired) electrons. The first-order valence-electron chi connectivity index (χ1n) is 23.4. The van der Waals surface area contributed by atoms with Gasteiger partial charge in [-0.05, 0) is 48.2 Å². The molecular formula is C57H55N4NaO15. The number of benzene rings is 4. The fraction of sp³-hybridized carbons (Fsp3) is 0.246. The van der Waals surface area contributed by atoms with Crippen molar-refractivity contribution in [2.75, 3.05) is 31.1 Å². The van der Waals surface area contributed by atoms with Gasteiger partial charge < -0.3 is 38.6 Å². The summed E-state index contributed by atoms with van der Waals surface area (Å²) in [6.07, 6.45) is 3.70. The first-order valence-corrected chi connectivity index (χ1v) is 23.4. The molecule has 2 aliphatic heterocycles. The average Bonchev–Trinajstić information content (AvgIpc) is 4.24. The number of ether oxygens (including phenoxy) is 3. The molecule has 0 saturated carbocycles. The molecule has 19 nitrogen and oxygen atoms in total. The van der Waals surface area contributed by atoms with E-state index in [4.69, 9.17) is 18.5 Å². The minimum atomic E-state index is -1.03. The summed E-state index contributed by atoms with van der Waals surface area (Å²) < 4.78 is 24.8. The average molecular weight is 1060 g/mol. The van der Waals surface area contributed by atoms with Crippen LogP contribution in [0.15, 0.2) is 165 Å². The number of aromatic nitrogens is 2. The summed E-state index contributed by atoms with van der Waals surface area (Å²) in [5.41, 5.74) is 3.21. The third-order valence-electron chi connectivity index (χ3n) is 11.9. The zero-order chi connectivity index (χ0) is 55.8. The van der Waals surface area contributed by atoms with Gasteiger partial charge in [0.1, 0.15) is 35.4 Å². The van der Waals surface area contributed by atoms with Crippen LogP contribution in [-0.4, -0.2) is 82.8 Å². The van der Waals surface area contributed by atoms with E-state index in [0.717, 1.165) is 31.2 Å². The van der Waals surface area contributed by atoms with E-state index in [1.165, 1.54) is 36.5 Å². The number of methoxy groups -OCH3 is 3. The predicted molar refractivity (Wildman–Crippen MR) is 274 cm³/mol. The molecule has 394 valence electrons. The molecule has 0 spiro atoms. The third-order valence-corrected chi connectivity index (χ3v) is 11.9. The van der Waals surface area contributed by atoms with E-state index in [1.807, 2.05) is 12.1 Å². The van der Waals surface area contributed by atoms with Crippen molar-refractivity contribution in [2.24, 2.45) is 10.8 Å². The van der Waals surface area contributed by atoms with Crippen LogP contribution in [-0.2, 0) is 38.3 Å². The third kappa shape index (κ3) is 13.0. The predicted octanol–water partition coefficient (Wildman–Crippen LogP) is 5.30. The number of carbonyl (C=O) groups excluding carboxylic acids is 7. The van der Waals surface area contributed by atoms with Gasteiger partial charge in [-0.1, -0.05) is 113 Å². The van der Waals surface area contributed by atoms with Gasteiger partial charge in [0.2, 0.25) is 0 Å². The number of Topliss-reactive ketones (excluding diaryl/α,β-unsaturated/α-hetero) is 3. The molecule has 2 unspecified atom stereocenters. The van der Waals surface area contributed by atoms with Gasteiger partial charge in [0.05, 0.1) is 44.6 Å². The van der Waals surface area contributed by atoms with E-state index in [9.17, 15) is 48.9 Å². The van der Waals surface area contributed by atoms with Crippen LogP contribution < -0.4 is 53.9 Å². The molecule has 0 bridgehead atoms. The van der Waals surface area contributed by atoms with E-state index in [1.54, 1.807) is 139 Å². The molecule has 2 N–H and O–H groups in total. The molecule has 2 aliphatic rings. The van der Waals surface area contributed by atoms with E-state index < -0.39 is 69.5 Å². The van der Waals surface area contributed by atoms with Gasteiger partial charge >= 0.3 is 35.5 Å². The van der Waals surface area contributed by atoms with Gasteiger partial charge in [-0.25, -0.2) is 4.79 Å². The van der Waals surface area contributed by atoms with Gasteiger partial charge in [-0.2, -0.15) is 0 Å². The minimum Gasteiger partial charge on any atom is -0.868 e. The molecule has 8 rings (SSSR count). The number of amides is 2. The van der Waals surface area contributed by atoms with E-state index >= 15 is 0 Å². The molecule has 4 heterocycles. The fourth-order valence-corrected chi connectivity index (χ4v) is 7.97. The van der Waals surface area contributed by atoms with Crippen LogP contribution in [0.25, 0.3) is 22.5 Å². The van der Waals surface area contributed by atoms with Crippen LogP contribution in [0, 0.1) is 10.8 Å². The SMILES string of the molecule is COC(=O)/C([O-])=C/C(=O)C(C)(C)C.COc1ccccc1C1C(=C(O)C(C)=O)C(=O)C(=O)N1c1ccc(-c2ccon2)cc1.COc1ccccc1C1C(C(=O)C(C)(C)C)=C(O)C(=O)N1c1ccc(-c2ccon2)cc1.[Na+]. The summed E-state index contributed by atoms with van der Waals surface area (Å²) in [5.74, 6) is -6.11. The van der Waals surface area contributed by atoms with Crippen molar-refractivity contribution in [1.29, 1.82) is 0 Å². The Morgan fingerprint density at radius 1 is 0.649 bits per heavy atom. The fourth-order valence-electron chi connectivity index (χ4n) is 7.97. The second kappa shape index (κ2) is 25.0. The Morgan fingerprint density at radius 2 is 1.09 bits per heavy atom. The molecule has 6 aromatic rings. The quantitative estimate of drug-likeness (QED) is 0.0518. The zero-order valence-corrected chi connectivity index (χ0v) is 46.3. The number of allylic oxidation sites excluding steroid dienone is 2. The monoisotopic (exact) mass is 1060 g/mol. The largest absolute Gasteiger partial charge is 1.00 e. The molecule has 20 heteroatoms. The van der Waals surface area contributed by atoms with Gasteiger partial charge in [-0.3, -0.25) is 38.6 Å². The first kappa shape index (κ1) is 59.5. The normalized spacial score (nSPS) is 16.1. The summed E-state index contributed by atoms with van der Waals surface area (Å²) in [7, 11) is 4.08. The maximum absolute atomic E-state index is 13.3. The van der Waals surface area contributed by atoms with Crippen LogP contribution in [0.2, 0.25) is 0 Å². The number of hydrogen-bond donors (Lipinski definition) is 2. The molecule has 4 aromatic carbocycles. The van der Waals surface area contributed by atoms with Crippen molar-refractivity contribution < 1.29 is 102 Å². The minimum absolute atomic E-state index is 0. The Morgan fingerprint density at radius 3 is 1.48 bits per heavy atom. The second-order valence-electron chi connectivity index (χ2n) is 19.1. The number of anilines is 2. The van der Waals surface area contributed by atoms with Gasteiger partial charge in [0.25, 0.3) is 17.6 Å². The number of aliphatic hydroxyl groups excluding tert-OH is 2.